The lowest BCUT2D eigenvalue weighted by atomic mass is 10.1. The van der Waals surface area contributed by atoms with Gasteiger partial charge in [0.15, 0.2) is 0 Å². The Balaban J connectivity index is 1.93. The maximum absolute atomic E-state index is 13.4. The number of pyridine rings is 1. The van der Waals surface area contributed by atoms with Crippen molar-refractivity contribution in [2.75, 3.05) is 50.7 Å². The minimum atomic E-state index is -0.574. The number of amides is 2. The second kappa shape index (κ2) is 14.6. The molecule has 9 nitrogen and oxygen atoms in total. The molecule has 0 radical (unpaired) electrons. The van der Waals surface area contributed by atoms with Crippen molar-refractivity contribution in [3.63, 3.8) is 0 Å². The van der Waals surface area contributed by atoms with Gasteiger partial charge >= 0.3 is 0 Å². The van der Waals surface area contributed by atoms with Crippen LogP contribution in [0.3, 0.4) is 0 Å². The Hall–Kier alpha value is -2.44. The van der Waals surface area contributed by atoms with Crippen LogP contribution in [0.1, 0.15) is 32.5 Å². The molecule has 0 saturated heterocycles. The number of nitrogens with one attached hydrogen (secondary N) is 2. The minimum Gasteiger partial charge on any atom is -0.489 e. The average molecular weight is 602 g/mol. The third kappa shape index (κ3) is 8.03. The van der Waals surface area contributed by atoms with Gasteiger partial charge in [-0.2, -0.15) is 0 Å². The molecule has 204 valence electrons. The van der Waals surface area contributed by atoms with Gasteiger partial charge in [-0.3, -0.25) is 14.5 Å². The van der Waals surface area contributed by atoms with Crippen molar-refractivity contribution >= 4 is 69.5 Å². The molecule has 0 aliphatic rings. The van der Waals surface area contributed by atoms with E-state index in [1.807, 2.05) is 11.8 Å². The van der Waals surface area contributed by atoms with Crippen LogP contribution < -0.4 is 15.4 Å². The number of methoxy groups -OCH3 is 1. The highest BCUT2D eigenvalue weighted by molar-refractivity contribution is 7.13. The molecular weight excluding hydrogens is 575 g/mol. The zero-order valence-electron chi connectivity index (χ0n) is 20.7. The number of halogens is 3. The molecule has 0 aliphatic heterocycles. The predicted octanol–water partition coefficient (Wildman–Crippen LogP) is 5.45. The van der Waals surface area contributed by atoms with Crippen molar-refractivity contribution in [2.24, 2.45) is 0 Å². The number of likely N-dealkylation sites (N-methyl/N-ethyl adjacent to an activating group) is 1. The summed E-state index contributed by atoms with van der Waals surface area (Å²) >= 11 is 19.9. The normalized spacial score (nSPS) is 11.0. The molecular formula is C25H27Cl3N4O5S. The number of anilines is 2. The van der Waals surface area contributed by atoms with Gasteiger partial charge in [0, 0.05) is 37.5 Å². The Bertz CT molecular complexity index is 1260. The molecule has 0 bridgehead atoms. The lowest BCUT2D eigenvalue weighted by molar-refractivity contribution is 0.102. The van der Waals surface area contributed by atoms with E-state index >= 15 is 0 Å². The van der Waals surface area contributed by atoms with Crippen molar-refractivity contribution in [3.05, 3.63) is 66.9 Å². The second-order valence-corrected chi connectivity index (χ2v) is 10.1. The van der Waals surface area contributed by atoms with Crippen LogP contribution in [0.25, 0.3) is 0 Å². The number of hydrogen-bond donors (Lipinski definition) is 3. The first-order chi connectivity index (χ1) is 18.3. The summed E-state index contributed by atoms with van der Waals surface area (Å²) < 4.78 is 10.8. The second-order valence-electron chi connectivity index (χ2n) is 7.93. The lowest BCUT2D eigenvalue weighted by Crippen LogP contribution is -2.26. The first-order valence-corrected chi connectivity index (χ1v) is 13.6. The molecule has 0 spiro atoms. The Labute approximate surface area is 239 Å². The van der Waals surface area contributed by atoms with Crippen LogP contribution in [0, 0.1) is 0 Å². The summed E-state index contributed by atoms with van der Waals surface area (Å²) in [6.07, 6.45) is 1.40. The first-order valence-electron chi connectivity index (χ1n) is 11.6. The van der Waals surface area contributed by atoms with Gasteiger partial charge in [0.2, 0.25) is 0 Å². The Morgan fingerprint density at radius 3 is 2.55 bits per heavy atom. The number of carbonyl (C=O) groups is 2. The topological polar surface area (TPSA) is 113 Å². The van der Waals surface area contributed by atoms with E-state index < -0.39 is 11.8 Å². The number of nitrogens with zero attached hydrogens (tertiary/aromatic N) is 2. The molecule has 1 aromatic carbocycles. The lowest BCUT2D eigenvalue weighted by Gasteiger charge is -2.18. The van der Waals surface area contributed by atoms with Gasteiger partial charge in [0.05, 0.1) is 34.5 Å². The summed E-state index contributed by atoms with van der Waals surface area (Å²) in [5.74, 6) is -0.651. The van der Waals surface area contributed by atoms with Crippen molar-refractivity contribution in [3.8, 4) is 5.75 Å². The first kappa shape index (κ1) is 30.1. The number of hydrogen-bond acceptors (Lipinski definition) is 8. The van der Waals surface area contributed by atoms with E-state index in [1.54, 1.807) is 17.5 Å². The van der Waals surface area contributed by atoms with Gasteiger partial charge < -0.3 is 25.2 Å². The average Bonchev–Trinajstić information content (AvgIpc) is 3.26. The molecule has 0 atom stereocenters. The van der Waals surface area contributed by atoms with Gasteiger partial charge in [0.1, 0.15) is 23.1 Å². The van der Waals surface area contributed by atoms with Crippen LogP contribution in [0.4, 0.5) is 11.5 Å². The molecule has 3 N–H and O–H groups in total. The molecule has 38 heavy (non-hydrogen) atoms. The fraction of sp³-hybridized carbons (Fsp3) is 0.320. The molecule has 3 aromatic rings. The number of benzene rings is 1. The van der Waals surface area contributed by atoms with Crippen LogP contribution in [0.5, 0.6) is 5.75 Å². The van der Waals surface area contributed by atoms with Gasteiger partial charge in [-0.25, -0.2) is 4.98 Å². The number of aromatic nitrogens is 1. The smallest absolute Gasteiger partial charge is 0.267 e. The Morgan fingerprint density at radius 1 is 1.11 bits per heavy atom. The van der Waals surface area contributed by atoms with E-state index in [1.165, 1.54) is 36.8 Å². The van der Waals surface area contributed by atoms with Crippen molar-refractivity contribution in [1.29, 1.82) is 0 Å². The molecule has 2 heterocycles. The number of thiophene rings is 1. The molecule has 0 fully saturated rings. The highest BCUT2D eigenvalue weighted by Crippen LogP contribution is 2.36. The molecule has 0 aliphatic carbocycles. The van der Waals surface area contributed by atoms with Crippen LogP contribution >= 0.6 is 46.1 Å². The Morgan fingerprint density at radius 2 is 1.89 bits per heavy atom. The zero-order valence-corrected chi connectivity index (χ0v) is 23.8. The van der Waals surface area contributed by atoms with Gasteiger partial charge in [-0.15, -0.1) is 11.3 Å². The minimum absolute atomic E-state index is 0.0156. The molecule has 2 amide bonds. The number of rotatable bonds is 13. The highest BCUT2D eigenvalue weighted by atomic mass is 35.5. The number of ether oxygens (including phenoxy) is 2. The van der Waals surface area contributed by atoms with Crippen molar-refractivity contribution in [2.45, 2.75) is 13.5 Å². The molecule has 3 rings (SSSR count). The van der Waals surface area contributed by atoms with Gasteiger partial charge in [-0.05, 0) is 35.7 Å². The summed E-state index contributed by atoms with van der Waals surface area (Å²) in [5.41, 5.74) is 0.933. The van der Waals surface area contributed by atoms with Crippen LogP contribution in [0.2, 0.25) is 15.1 Å². The molecule has 0 unspecified atom stereocenters. The quantitative estimate of drug-likeness (QED) is 0.223. The van der Waals surface area contributed by atoms with E-state index in [9.17, 15) is 14.7 Å². The fourth-order valence-electron chi connectivity index (χ4n) is 3.41. The molecule has 2 aromatic heterocycles. The third-order valence-corrected chi connectivity index (χ3v) is 7.34. The number of aliphatic hydroxyl groups excluding tert-OH is 1. The molecule has 13 heteroatoms. The maximum Gasteiger partial charge on any atom is 0.267 e. The fourth-order valence-corrected chi connectivity index (χ4v) is 4.98. The summed E-state index contributed by atoms with van der Waals surface area (Å²) in [5, 5.41) is 17.5. The van der Waals surface area contributed by atoms with Gasteiger partial charge in [-0.1, -0.05) is 41.7 Å². The largest absolute Gasteiger partial charge is 0.489 e. The van der Waals surface area contributed by atoms with Gasteiger partial charge in [0.25, 0.3) is 11.8 Å². The summed E-state index contributed by atoms with van der Waals surface area (Å²) in [7, 11) is 1.53. The summed E-state index contributed by atoms with van der Waals surface area (Å²) in [6.45, 7) is 4.09. The van der Waals surface area contributed by atoms with Crippen LogP contribution in [-0.2, 0) is 11.3 Å². The van der Waals surface area contributed by atoms with E-state index in [4.69, 9.17) is 44.3 Å². The van der Waals surface area contributed by atoms with Crippen LogP contribution in [-0.4, -0.2) is 66.8 Å². The Kier molecular flexibility index (Phi) is 11.6. The van der Waals surface area contributed by atoms with E-state index in [-0.39, 0.29) is 52.5 Å². The number of carbonyl (C=O) groups excluding carboxylic acids is 2. The molecule has 0 saturated carbocycles. The standard InChI is InChI=1S/C25H27Cl3N4O5S/c1-3-32(6-7-33)13-15-14-38-23(21(15)28)25(35)31-22-18(10-17(27)11-19(22)37-9-8-36-2)24(34)30-20-5-4-16(26)12-29-20/h4-5,10-12,14,33H,3,6-9,13H2,1-2H3,(H,31,35)(H,29,30,34). The van der Waals surface area contributed by atoms with E-state index in [2.05, 4.69) is 15.6 Å². The predicted molar refractivity (Wildman–Crippen MR) is 151 cm³/mol. The summed E-state index contributed by atoms with van der Waals surface area (Å²) in [4.78, 5) is 32.9. The maximum atomic E-state index is 13.4. The van der Waals surface area contributed by atoms with E-state index in [0.717, 1.165) is 5.56 Å². The monoisotopic (exact) mass is 600 g/mol. The van der Waals surface area contributed by atoms with Crippen molar-refractivity contribution < 1.29 is 24.2 Å². The van der Waals surface area contributed by atoms with E-state index in [0.29, 0.717) is 29.7 Å². The SMILES string of the molecule is CCN(CCO)Cc1csc(C(=O)Nc2c(OCCOC)cc(Cl)cc2C(=O)Nc2ccc(Cl)cn2)c1Cl. The summed E-state index contributed by atoms with van der Waals surface area (Å²) in [6, 6.07) is 6.05. The van der Waals surface area contributed by atoms with Crippen molar-refractivity contribution in [1.82, 2.24) is 9.88 Å². The third-order valence-electron chi connectivity index (χ3n) is 5.33. The zero-order chi connectivity index (χ0) is 27.7. The highest BCUT2D eigenvalue weighted by Gasteiger charge is 2.24. The number of aliphatic hydroxyl groups is 1. The van der Waals surface area contributed by atoms with Crippen LogP contribution in [0.15, 0.2) is 35.8 Å².